The van der Waals surface area contributed by atoms with Gasteiger partial charge in [-0.15, -0.1) is 0 Å². The van der Waals surface area contributed by atoms with Gasteiger partial charge in [-0.25, -0.2) is 0 Å². The number of carbonyl (C=O) groups excluding carboxylic acids is 2. The molecule has 0 aliphatic carbocycles. The smallest absolute Gasteiger partial charge is 0.265 e. The topological polar surface area (TPSA) is 58.6 Å². The van der Waals surface area contributed by atoms with Crippen LogP contribution in [0, 0.1) is 6.92 Å². The van der Waals surface area contributed by atoms with Gasteiger partial charge in [0, 0.05) is 24.8 Å². The number of ether oxygens (including phenoxy) is 1. The van der Waals surface area contributed by atoms with E-state index in [4.69, 9.17) is 4.74 Å². The number of amides is 2. The highest BCUT2D eigenvalue weighted by molar-refractivity contribution is 5.98. The van der Waals surface area contributed by atoms with Crippen molar-refractivity contribution in [1.29, 1.82) is 0 Å². The van der Waals surface area contributed by atoms with E-state index in [9.17, 15) is 9.59 Å². The lowest BCUT2D eigenvalue weighted by Gasteiger charge is -2.19. The van der Waals surface area contributed by atoms with E-state index in [2.05, 4.69) is 5.32 Å². The van der Waals surface area contributed by atoms with Crippen molar-refractivity contribution in [3.05, 3.63) is 95.6 Å². The molecular formula is C26H28N2O3. The summed E-state index contributed by atoms with van der Waals surface area (Å²) in [5.41, 5.74) is 3.27. The number of benzene rings is 3. The Balaban J connectivity index is 1.65. The van der Waals surface area contributed by atoms with E-state index in [1.165, 1.54) is 0 Å². The molecule has 31 heavy (non-hydrogen) atoms. The fourth-order valence-electron chi connectivity index (χ4n) is 3.21. The van der Waals surface area contributed by atoms with Crippen molar-refractivity contribution >= 4 is 17.5 Å². The molecule has 5 heteroatoms. The number of nitrogens with one attached hydrogen (secondary N) is 1. The monoisotopic (exact) mass is 416 g/mol. The molecule has 0 aliphatic rings. The van der Waals surface area contributed by atoms with Gasteiger partial charge in [0.2, 0.25) is 0 Å². The summed E-state index contributed by atoms with van der Waals surface area (Å²) in [5, 5.41) is 2.87. The van der Waals surface area contributed by atoms with Gasteiger partial charge in [-0.2, -0.15) is 0 Å². The van der Waals surface area contributed by atoms with Gasteiger partial charge < -0.3 is 15.0 Å². The van der Waals surface area contributed by atoms with E-state index in [0.29, 0.717) is 30.0 Å². The van der Waals surface area contributed by atoms with E-state index in [0.717, 1.165) is 11.1 Å². The van der Waals surface area contributed by atoms with Crippen LogP contribution in [0.3, 0.4) is 0 Å². The third kappa shape index (κ3) is 6.19. The van der Waals surface area contributed by atoms with Crippen LogP contribution >= 0.6 is 0 Å². The molecule has 3 rings (SSSR count). The molecule has 0 aliphatic heterocycles. The lowest BCUT2D eigenvalue weighted by molar-refractivity contribution is -0.122. The fraction of sp³-hybridized carbons (Fsp3) is 0.231. The molecule has 3 aromatic carbocycles. The minimum atomic E-state index is -0.622. The van der Waals surface area contributed by atoms with Gasteiger partial charge in [0.05, 0.1) is 0 Å². The maximum atomic E-state index is 12.8. The number of nitrogens with zero attached hydrogens (tertiary/aromatic N) is 1. The van der Waals surface area contributed by atoms with Crippen LogP contribution in [0.2, 0.25) is 0 Å². The average molecular weight is 417 g/mol. The van der Waals surface area contributed by atoms with Gasteiger partial charge in [0.1, 0.15) is 5.75 Å². The Morgan fingerprint density at radius 1 is 0.968 bits per heavy atom. The van der Waals surface area contributed by atoms with Crippen LogP contribution in [0.5, 0.6) is 5.75 Å². The average Bonchev–Trinajstić information content (AvgIpc) is 2.79. The first kappa shape index (κ1) is 22.1. The molecule has 1 atom stereocenters. The van der Waals surface area contributed by atoms with Crippen molar-refractivity contribution in [2.45, 2.75) is 32.9 Å². The Kier molecular flexibility index (Phi) is 7.44. The first-order valence-electron chi connectivity index (χ1n) is 10.4. The molecule has 0 radical (unpaired) electrons. The zero-order chi connectivity index (χ0) is 22.2. The quantitative estimate of drug-likeness (QED) is 0.558. The Morgan fingerprint density at radius 3 is 2.35 bits per heavy atom. The van der Waals surface area contributed by atoms with Crippen LogP contribution in [-0.4, -0.2) is 29.9 Å². The van der Waals surface area contributed by atoms with Crippen molar-refractivity contribution < 1.29 is 14.3 Å². The van der Waals surface area contributed by atoms with Gasteiger partial charge in [-0.1, -0.05) is 61.0 Å². The maximum Gasteiger partial charge on any atom is 0.265 e. The van der Waals surface area contributed by atoms with Gasteiger partial charge in [-0.05, 0) is 49.2 Å². The van der Waals surface area contributed by atoms with Crippen molar-refractivity contribution in [2.75, 3.05) is 12.4 Å². The first-order valence-corrected chi connectivity index (χ1v) is 10.4. The van der Waals surface area contributed by atoms with Gasteiger partial charge in [0.15, 0.2) is 6.10 Å². The second-order valence-electron chi connectivity index (χ2n) is 7.54. The second kappa shape index (κ2) is 10.4. The SMILES string of the molecule is CCC(Oc1ccc(C)cc1)C(=O)Nc1cccc(C(=O)N(C)Cc2ccccc2)c1. The highest BCUT2D eigenvalue weighted by atomic mass is 16.5. The van der Waals surface area contributed by atoms with Crippen LogP contribution in [-0.2, 0) is 11.3 Å². The molecule has 2 amide bonds. The van der Waals surface area contributed by atoms with Gasteiger partial charge in [0.25, 0.3) is 11.8 Å². The fourth-order valence-corrected chi connectivity index (χ4v) is 3.21. The van der Waals surface area contributed by atoms with Crippen LogP contribution in [0.1, 0.15) is 34.8 Å². The normalized spacial score (nSPS) is 11.5. The van der Waals surface area contributed by atoms with E-state index in [-0.39, 0.29) is 11.8 Å². The lowest BCUT2D eigenvalue weighted by Crippen LogP contribution is -2.32. The highest BCUT2D eigenvalue weighted by Gasteiger charge is 2.19. The molecule has 3 aromatic rings. The highest BCUT2D eigenvalue weighted by Crippen LogP contribution is 2.18. The minimum absolute atomic E-state index is 0.108. The summed E-state index contributed by atoms with van der Waals surface area (Å²) in [6.45, 7) is 4.41. The number of aryl methyl sites for hydroxylation is 1. The Morgan fingerprint density at radius 2 is 1.68 bits per heavy atom. The summed E-state index contributed by atoms with van der Waals surface area (Å²) >= 11 is 0. The number of anilines is 1. The maximum absolute atomic E-state index is 12.8. The summed E-state index contributed by atoms with van der Waals surface area (Å²) in [6, 6.07) is 24.4. The number of carbonyl (C=O) groups is 2. The number of hydrogen-bond acceptors (Lipinski definition) is 3. The Hall–Kier alpha value is -3.60. The molecule has 5 nitrogen and oxygen atoms in total. The van der Waals surface area contributed by atoms with E-state index in [1.807, 2.05) is 68.4 Å². The van der Waals surface area contributed by atoms with E-state index < -0.39 is 6.10 Å². The predicted molar refractivity (Wildman–Crippen MR) is 123 cm³/mol. The largest absolute Gasteiger partial charge is 0.481 e. The third-order valence-electron chi connectivity index (χ3n) is 4.95. The van der Waals surface area contributed by atoms with Crippen molar-refractivity contribution in [2.24, 2.45) is 0 Å². The van der Waals surface area contributed by atoms with Crippen LogP contribution in [0.4, 0.5) is 5.69 Å². The van der Waals surface area contributed by atoms with Crippen LogP contribution < -0.4 is 10.1 Å². The number of rotatable bonds is 8. The standard InChI is InChI=1S/C26H28N2O3/c1-4-24(31-23-15-13-19(2)14-16-23)25(29)27-22-12-8-11-21(17-22)26(30)28(3)18-20-9-6-5-7-10-20/h5-17,24H,4,18H2,1-3H3,(H,27,29). The molecule has 0 aromatic heterocycles. The summed E-state index contributed by atoms with van der Waals surface area (Å²) in [5.74, 6) is 0.298. The van der Waals surface area contributed by atoms with Crippen molar-refractivity contribution in [3.63, 3.8) is 0 Å². The van der Waals surface area contributed by atoms with Gasteiger partial charge in [-0.3, -0.25) is 9.59 Å². The zero-order valence-electron chi connectivity index (χ0n) is 18.2. The molecule has 0 fully saturated rings. The zero-order valence-corrected chi connectivity index (χ0v) is 18.2. The molecular weight excluding hydrogens is 388 g/mol. The first-order chi connectivity index (χ1) is 15.0. The van der Waals surface area contributed by atoms with E-state index in [1.54, 1.807) is 36.2 Å². The van der Waals surface area contributed by atoms with Gasteiger partial charge >= 0.3 is 0 Å². The second-order valence-corrected chi connectivity index (χ2v) is 7.54. The number of hydrogen-bond donors (Lipinski definition) is 1. The van der Waals surface area contributed by atoms with Crippen molar-refractivity contribution in [3.8, 4) is 5.75 Å². The molecule has 160 valence electrons. The third-order valence-corrected chi connectivity index (χ3v) is 4.95. The molecule has 0 saturated heterocycles. The summed E-state index contributed by atoms with van der Waals surface area (Å²) < 4.78 is 5.85. The molecule has 0 bridgehead atoms. The Labute approximate surface area is 183 Å². The molecule has 0 spiro atoms. The minimum Gasteiger partial charge on any atom is -0.481 e. The van der Waals surface area contributed by atoms with E-state index >= 15 is 0 Å². The molecule has 0 saturated carbocycles. The van der Waals surface area contributed by atoms with Crippen LogP contribution in [0.15, 0.2) is 78.9 Å². The molecule has 0 heterocycles. The summed E-state index contributed by atoms with van der Waals surface area (Å²) in [4.78, 5) is 27.2. The lowest BCUT2D eigenvalue weighted by atomic mass is 10.1. The molecule has 1 N–H and O–H groups in total. The molecule has 1 unspecified atom stereocenters. The van der Waals surface area contributed by atoms with Crippen molar-refractivity contribution in [1.82, 2.24) is 4.90 Å². The Bertz CT molecular complexity index is 1020. The summed E-state index contributed by atoms with van der Waals surface area (Å²) in [7, 11) is 1.77. The van der Waals surface area contributed by atoms with Crippen LogP contribution in [0.25, 0.3) is 0 Å². The predicted octanol–water partition coefficient (Wildman–Crippen LogP) is 5.06. The summed E-state index contributed by atoms with van der Waals surface area (Å²) in [6.07, 6.45) is -0.0965.